The maximum absolute atomic E-state index is 12.1. The number of thioether (sulfide) groups is 2. The molecule has 0 unspecified atom stereocenters. The molecule has 0 aliphatic rings. The molecular formula is C16H23N4OS3+. The van der Waals surface area contributed by atoms with Crippen molar-refractivity contribution in [2.24, 2.45) is 0 Å². The second-order valence-corrected chi connectivity index (χ2v) is 9.11. The average molecular weight is 384 g/mol. The maximum atomic E-state index is 12.1. The average Bonchev–Trinajstić information content (AvgIpc) is 3.02. The first kappa shape index (κ1) is 19.2. The number of aromatic nitrogens is 2. The first-order valence-electron chi connectivity index (χ1n) is 7.81. The fourth-order valence-electron chi connectivity index (χ4n) is 2.17. The molecule has 0 aliphatic carbocycles. The van der Waals surface area contributed by atoms with Crippen LogP contribution >= 0.6 is 34.9 Å². The lowest BCUT2D eigenvalue weighted by Gasteiger charge is -2.22. The second-order valence-electron chi connectivity index (χ2n) is 5.40. The summed E-state index contributed by atoms with van der Waals surface area (Å²) >= 11 is 4.66. The number of amides is 1. The minimum absolute atomic E-state index is 0.0297. The van der Waals surface area contributed by atoms with Crippen molar-refractivity contribution < 1.29 is 9.69 Å². The van der Waals surface area contributed by atoms with Gasteiger partial charge in [0.05, 0.1) is 26.4 Å². The molecule has 130 valence electrons. The van der Waals surface area contributed by atoms with Crippen molar-refractivity contribution in [2.45, 2.75) is 21.6 Å². The normalized spacial score (nSPS) is 12.3. The molecular weight excluding hydrogens is 360 g/mol. The van der Waals surface area contributed by atoms with Crippen LogP contribution in [0.1, 0.15) is 18.5 Å². The summed E-state index contributed by atoms with van der Waals surface area (Å²) in [6.07, 6.45) is 0. The number of carbonyl (C=O) groups is 1. The summed E-state index contributed by atoms with van der Waals surface area (Å²) in [5, 5.41) is 11.2. The van der Waals surface area contributed by atoms with Gasteiger partial charge in [-0.05, 0) is 5.75 Å². The molecule has 0 fully saturated rings. The fraction of sp³-hybridized carbons (Fsp3) is 0.438. The Morgan fingerprint density at radius 1 is 1.21 bits per heavy atom. The molecule has 2 aromatic rings. The third kappa shape index (κ3) is 6.08. The predicted octanol–water partition coefficient (Wildman–Crippen LogP) is 1.74. The van der Waals surface area contributed by atoms with Crippen molar-refractivity contribution in [1.29, 1.82) is 0 Å². The monoisotopic (exact) mass is 383 g/mol. The van der Waals surface area contributed by atoms with Crippen molar-refractivity contribution in [1.82, 2.24) is 15.5 Å². The van der Waals surface area contributed by atoms with Crippen LogP contribution in [0.2, 0.25) is 0 Å². The number of likely N-dealkylation sites (N-methyl/N-ethyl adjacent to an activating group) is 1. The van der Waals surface area contributed by atoms with E-state index < -0.39 is 0 Å². The van der Waals surface area contributed by atoms with Gasteiger partial charge in [0.25, 0.3) is 0 Å². The van der Waals surface area contributed by atoms with E-state index in [4.69, 9.17) is 0 Å². The first-order valence-corrected chi connectivity index (χ1v) is 10.6. The van der Waals surface area contributed by atoms with Gasteiger partial charge in [-0.15, -0.1) is 10.2 Å². The highest BCUT2D eigenvalue weighted by molar-refractivity contribution is 8.03. The zero-order chi connectivity index (χ0) is 17.4. The van der Waals surface area contributed by atoms with E-state index >= 15 is 0 Å². The van der Waals surface area contributed by atoms with E-state index in [0.717, 1.165) is 14.4 Å². The Balaban J connectivity index is 1.80. The van der Waals surface area contributed by atoms with Gasteiger partial charge in [0.2, 0.25) is 5.91 Å². The molecule has 0 bridgehead atoms. The molecule has 8 heteroatoms. The lowest BCUT2D eigenvalue weighted by molar-refractivity contribution is -0.890. The standard InChI is InChI=1S/C16H22N4OS3/c1-4-22-15-18-19-16(24-15)23-11-14(21)17-10-13(20(2)3)12-8-6-5-7-9-12/h5-9,13H,4,10-11H2,1-3H3,(H,17,21)/p+1/t13-/m0/s1. The van der Waals surface area contributed by atoms with Crippen LogP contribution in [-0.4, -0.2) is 48.3 Å². The van der Waals surface area contributed by atoms with Crippen molar-refractivity contribution in [3.8, 4) is 0 Å². The van der Waals surface area contributed by atoms with Crippen LogP contribution in [0.25, 0.3) is 0 Å². The number of quaternary nitrogens is 1. The molecule has 0 radical (unpaired) electrons. The van der Waals surface area contributed by atoms with Crippen molar-refractivity contribution >= 4 is 40.8 Å². The van der Waals surface area contributed by atoms with Gasteiger partial charge in [0.1, 0.15) is 6.04 Å². The molecule has 24 heavy (non-hydrogen) atoms. The summed E-state index contributed by atoms with van der Waals surface area (Å²) in [6.45, 7) is 2.71. The van der Waals surface area contributed by atoms with Crippen LogP contribution in [-0.2, 0) is 4.79 Å². The summed E-state index contributed by atoms with van der Waals surface area (Å²) in [5.74, 6) is 1.38. The minimum Gasteiger partial charge on any atom is -0.349 e. The van der Waals surface area contributed by atoms with Gasteiger partial charge in [0.15, 0.2) is 8.68 Å². The molecule has 5 nitrogen and oxygen atoms in total. The predicted molar refractivity (Wildman–Crippen MR) is 102 cm³/mol. The van der Waals surface area contributed by atoms with E-state index in [-0.39, 0.29) is 11.9 Å². The Hall–Kier alpha value is -1.09. The third-order valence-electron chi connectivity index (χ3n) is 3.38. The second kappa shape index (κ2) is 10.0. The van der Waals surface area contributed by atoms with E-state index in [1.807, 2.05) is 18.2 Å². The summed E-state index contributed by atoms with van der Waals surface area (Å²) < 4.78 is 1.81. The molecule has 0 saturated heterocycles. The lowest BCUT2D eigenvalue weighted by atomic mass is 10.1. The van der Waals surface area contributed by atoms with Crippen LogP contribution < -0.4 is 10.2 Å². The van der Waals surface area contributed by atoms with Gasteiger partial charge in [-0.3, -0.25) is 4.79 Å². The maximum Gasteiger partial charge on any atom is 0.230 e. The fourth-order valence-corrected chi connectivity index (χ4v) is 4.92. The van der Waals surface area contributed by atoms with Gasteiger partial charge in [-0.25, -0.2) is 0 Å². The first-order chi connectivity index (χ1) is 11.6. The van der Waals surface area contributed by atoms with E-state index in [9.17, 15) is 4.79 Å². The minimum atomic E-state index is 0.0297. The molecule has 2 rings (SSSR count). The van der Waals surface area contributed by atoms with E-state index in [2.05, 4.69) is 48.7 Å². The Morgan fingerprint density at radius 2 is 1.88 bits per heavy atom. The largest absolute Gasteiger partial charge is 0.349 e. The molecule has 1 aromatic heterocycles. The van der Waals surface area contributed by atoms with Crippen molar-refractivity contribution in [2.75, 3.05) is 32.1 Å². The highest BCUT2D eigenvalue weighted by atomic mass is 32.2. The highest BCUT2D eigenvalue weighted by Gasteiger charge is 2.18. The molecule has 0 aliphatic heterocycles. The molecule has 0 spiro atoms. The van der Waals surface area contributed by atoms with Crippen LogP contribution in [0.3, 0.4) is 0 Å². The highest BCUT2D eigenvalue weighted by Crippen LogP contribution is 2.28. The van der Waals surface area contributed by atoms with Gasteiger partial charge in [-0.2, -0.15) is 0 Å². The van der Waals surface area contributed by atoms with Gasteiger partial charge in [0, 0.05) is 5.56 Å². The zero-order valence-corrected chi connectivity index (χ0v) is 16.6. The third-order valence-corrected chi connectivity index (χ3v) is 6.46. The van der Waals surface area contributed by atoms with Crippen LogP contribution in [0, 0.1) is 0 Å². The van der Waals surface area contributed by atoms with Crippen molar-refractivity contribution in [3.05, 3.63) is 35.9 Å². The van der Waals surface area contributed by atoms with Gasteiger partial charge < -0.3 is 10.2 Å². The summed E-state index contributed by atoms with van der Waals surface area (Å²) in [5.41, 5.74) is 1.23. The number of nitrogens with one attached hydrogen (secondary N) is 2. The van der Waals surface area contributed by atoms with E-state index in [0.29, 0.717) is 12.3 Å². The number of hydrogen-bond acceptors (Lipinski definition) is 6. The SMILES string of the molecule is CCSc1nnc(SCC(=O)NC[C@@H](c2ccccc2)[NH+](C)C)s1. The number of carbonyl (C=O) groups excluding carboxylic acids is 1. The van der Waals surface area contributed by atoms with Crippen LogP contribution in [0.4, 0.5) is 0 Å². The molecule has 1 atom stereocenters. The van der Waals surface area contributed by atoms with E-state index in [1.165, 1.54) is 22.2 Å². The summed E-state index contributed by atoms with van der Waals surface area (Å²) in [7, 11) is 4.21. The number of benzene rings is 1. The summed E-state index contributed by atoms with van der Waals surface area (Å²) in [6, 6.07) is 10.5. The quantitative estimate of drug-likeness (QED) is 0.646. The van der Waals surface area contributed by atoms with Crippen molar-refractivity contribution in [3.63, 3.8) is 0 Å². The molecule has 2 N–H and O–H groups in total. The van der Waals surface area contributed by atoms with Crippen LogP contribution in [0.5, 0.6) is 0 Å². The Labute approximate surface area is 155 Å². The Bertz CT molecular complexity index is 633. The number of hydrogen-bond donors (Lipinski definition) is 2. The summed E-state index contributed by atoms with van der Waals surface area (Å²) in [4.78, 5) is 13.4. The molecule has 1 heterocycles. The van der Waals surface area contributed by atoms with Gasteiger partial charge in [-0.1, -0.05) is 72.1 Å². The topological polar surface area (TPSA) is 59.3 Å². The van der Waals surface area contributed by atoms with Crippen LogP contribution in [0.15, 0.2) is 39.0 Å². The number of rotatable bonds is 9. The molecule has 1 amide bonds. The van der Waals surface area contributed by atoms with Gasteiger partial charge >= 0.3 is 0 Å². The zero-order valence-electron chi connectivity index (χ0n) is 14.1. The molecule has 0 saturated carbocycles. The smallest absolute Gasteiger partial charge is 0.230 e. The Morgan fingerprint density at radius 3 is 2.50 bits per heavy atom. The number of nitrogens with zero attached hydrogens (tertiary/aromatic N) is 2. The lowest BCUT2D eigenvalue weighted by Crippen LogP contribution is -3.07. The molecule has 1 aromatic carbocycles. The Kier molecular flexibility index (Phi) is 8.04. The van der Waals surface area contributed by atoms with E-state index in [1.54, 1.807) is 23.1 Å².